The number of aromatic nitrogens is 2. The average Bonchev–Trinajstić information content (AvgIpc) is 3.19. The Labute approximate surface area is 341 Å². The molecule has 1 aromatic carbocycles. The summed E-state index contributed by atoms with van der Waals surface area (Å²) >= 11 is 3.94. The zero-order valence-electron chi connectivity index (χ0n) is 31.5. The SMILES string of the molecule is NC(=O)c1nc(CNc2ccc(C(=O)NCCCC(=O)NCC(=O)NC(CC(=O)O)C(=O)NCC(=O)NC(CCC(=O)O)C(=O)NCC(=O)NCCS)cc2)cnc1N. The summed E-state index contributed by atoms with van der Waals surface area (Å²) < 4.78 is 0. The van der Waals surface area contributed by atoms with E-state index in [0.717, 1.165) is 0 Å². The third-order valence-corrected chi connectivity index (χ3v) is 7.85. The molecule has 0 aliphatic heterocycles. The van der Waals surface area contributed by atoms with Crippen molar-refractivity contribution in [3.63, 3.8) is 0 Å². The van der Waals surface area contributed by atoms with Crippen molar-refractivity contribution in [3.05, 3.63) is 47.4 Å². The standard InChI is InChI=1S/C34H46N12O12S/c35-30-29(31(36)55)44-20(14-41-30)13-39-19-5-3-18(4-6-19)32(56)38-9-1-2-23(47)40-16-25(49)46-22(12-28(53)54)34(58)43-17-26(50)45-21(7-8-27(51)52)33(57)42-15-24(48)37-10-11-59/h3-6,14,21-22,39,59H,1-2,7-13,15-17H2,(H2,35,41)(H2,36,55)(H,37,48)(H,38,56)(H,40,47)(H,42,57)(H,43,58)(H,45,50)(H,46,49)(H,51,52)(H,53,54). The highest BCUT2D eigenvalue weighted by Crippen LogP contribution is 2.12. The molecule has 2 unspecified atom stereocenters. The molecule has 0 radical (unpaired) electrons. The first-order valence-corrected chi connectivity index (χ1v) is 18.4. The second kappa shape index (κ2) is 25.3. The maximum absolute atomic E-state index is 12.7. The monoisotopic (exact) mass is 846 g/mol. The van der Waals surface area contributed by atoms with Gasteiger partial charge in [0.1, 0.15) is 12.1 Å². The van der Waals surface area contributed by atoms with E-state index in [1.165, 1.54) is 6.20 Å². The van der Waals surface area contributed by atoms with Gasteiger partial charge in [-0.05, 0) is 37.1 Å². The zero-order valence-corrected chi connectivity index (χ0v) is 32.4. The molecular weight excluding hydrogens is 801 g/mol. The summed E-state index contributed by atoms with van der Waals surface area (Å²) in [7, 11) is 0. The van der Waals surface area contributed by atoms with Gasteiger partial charge in [0.05, 0.1) is 44.5 Å². The van der Waals surface area contributed by atoms with Gasteiger partial charge in [-0.25, -0.2) is 9.97 Å². The van der Waals surface area contributed by atoms with Crippen LogP contribution in [0, 0.1) is 0 Å². The maximum Gasteiger partial charge on any atom is 0.305 e. The van der Waals surface area contributed by atoms with Crippen molar-refractivity contribution in [1.29, 1.82) is 0 Å². The summed E-state index contributed by atoms with van der Waals surface area (Å²) in [6.45, 7) is -1.39. The molecule has 1 heterocycles. The highest BCUT2D eigenvalue weighted by atomic mass is 32.1. The minimum Gasteiger partial charge on any atom is -0.481 e. The van der Waals surface area contributed by atoms with E-state index in [9.17, 15) is 53.1 Å². The van der Waals surface area contributed by atoms with Crippen molar-refractivity contribution in [3.8, 4) is 0 Å². The fraction of sp³-hybridized carbons (Fsp3) is 0.412. The lowest BCUT2D eigenvalue weighted by molar-refractivity contribution is -0.141. The lowest BCUT2D eigenvalue weighted by atomic mass is 10.1. The zero-order chi connectivity index (χ0) is 43.9. The van der Waals surface area contributed by atoms with E-state index < -0.39 is 104 Å². The predicted molar refractivity (Wildman–Crippen MR) is 209 cm³/mol. The number of nitrogens with zero attached hydrogens (tertiary/aromatic N) is 2. The van der Waals surface area contributed by atoms with Crippen molar-refractivity contribution in [2.45, 2.75) is 50.7 Å². The minimum absolute atomic E-state index is 0.0855. The number of carbonyl (C=O) groups excluding carboxylic acids is 8. The van der Waals surface area contributed by atoms with Crippen LogP contribution in [0.1, 0.15) is 58.6 Å². The number of aliphatic carboxylic acids is 2. The first-order chi connectivity index (χ1) is 28.0. The first kappa shape index (κ1) is 48.1. The number of carboxylic acids is 2. The number of rotatable bonds is 26. The number of benzene rings is 1. The van der Waals surface area contributed by atoms with Crippen LogP contribution in [-0.2, 0) is 44.9 Å². The highest BCUT2D eigenvalue weighted by Gasteiger charge is 2.26. The Morgan fingerprint density at radius 2 is 1.32 bits per heavy atom. The molecular formula is C34H46N12O12S. The Kier molecular flexibility index (Phi) is 20.6. The molecule has 8 amide bonds. The molecule has 0 fully saturated rings. The molecule has 1 aromatic heterocycles. The molecule has 0 saturated heterocycles. The topological polar surface area (TPSA) is 385 Å². The molecule has 0 saturated carbocycles. The first-order valence-electron chi connectivity index (χ1n) is 17.7. The normalized spacial score (nSPS) is 11.4. The second-order valence-corrected chi connectivity index (χ2v) is 12.8. The summed E-state index contributed by atoms with van der Waals surface area (Å²) in [4.78, 5) is 129. The molecule has 0 spiro atoms. The number of amides is 8. The molecule has 0 bridgehead atoms. The van der Waals surface area contributed by atoms with Crippen molar-refractivity contribution in [2.24, 2.45) is 5.73 Å². The number of carboxylic acid groups (broad SMARTS) is 2. The van der Waals surface area contributed by atoms with Gasteiger partial charge in [0, 0.05) is 42.9 Å². The van der Waals surface area contributed by atoms with Crippen LogP contribution in [-0.4, -0.2) is 130 Å². The lowest BCUT2D eigenvalue weighted by Gasteiger charge is -2.19. The number of hydrogen-bond acceptors (Lipinski definition) is 15. The largest absolute Gasteiger partial charge is 0.481 e. The molecule has 2 aromatic rings. The number of anilines is 2. The molecule has 14 N–H and O–H groups in total. The van der Waals surface area contributed by atoms with Crippen LogP contribution in [0.2, 0.25) is 0 Å². The average molecular weight is 847 g/mol. The summed E-state index contributed by atoms with van der Waals surface area (Å²) in [5, 5.41) is 37.5. The maximum atomic E-state index is 12.7. The molecule has 0 aliphatic rings. The van der Waals surface area contributed by atoms with Gasteiger partial charge in [-0.15, -0.1) is 0 Å². The highest BCUT2D eigenvalue weighted by molar-refractivity contribution is 7.80. The predicted octanol–water partition coefficient (Wildman–Crippen LogP) is -4.02. The molecule has 320 valence electrons. The van der Waals surface area contributed by atoms with E-state index in [0.29, 0.717) is 22.7 Å². The minimum atomic E-state index is -1.68. The van der Waals surface area contributed by atoms with Gasteiger partial charge >= 0.3 is 11.9 Å². The van der Waals surface area contributed by atoms with Crippen LogP contribution < -0.4 is 54.0 Å². The molecule has 59 heavy (non-hydrogen) atoms. The number of thiol groups is 1. The Bertz CT molecular complexity index is 1870. The summed E-state index contributed by atoms with van der Waals surface area (Å²) in [5.74, 6) is -8.75. The van der Waals surface area contributed by atoms with Crippen molar-refractivity contribution < 1.29 is 58.2 Å². The molecule has 0 aliphatic carbocycles. The quantitative estimate of drug-likeness (QED) is 0.0317. The van der Waals surface area contributed by atoms with Crippen molar-refractivity contribution in [2.75, 3.05) is 49.5 Å². The fourth-order valence-corrected chi connectivity index (χ4v) is 4.82. The van der Waals surface area contributed by atoms with Crippen LogP contribution in [0.3, 0.4) is 0 Å². The number of nitrogen functional groups attached to an aromatic ring is 1. The molecule has 25 heteroatoms. The van der Waals surface area contributed by atoms with Gasteiger partial charge in [-0.2, -0.15) is 12.6 Å². The number of nitrogens with two attached hydrogens (primary N) is 2. The van der Waals surface area contributed by atoms with E-state index in [2.05, 4.69) is 65.1 Å². The van der Waals surface area contributed by atoms with Crippen molar-refractivity contribution in [1.82, 2.24) is 47.2 Å². The summed E-state index contributed by atoms with van der Waals surface area (Å²) in [6, 6.07) is 3.30. The number of primary amides is 1. The van der Waals surface area contributed by atoms with E-state index >= 15 is 0 Å². The van der Waals surface area contributed by atoms with Gasteiger partial charge in [0.2, 0.25) is 35.4 Å². The van der Waals surface area contributed by atoms with E-state index in [-0.39, 0.29) is 50.4 Å². The summed E-state index contributed by atoms with van der Waals surface area (Å²) in [5.41, 5.74) is 12.0. The van der Waals surface area contributed by atoms with Gasteiger partial charge < -0.3 is 64.2 Å². The second-order valence-electron chi connectivity index (χ2n) is 12.3. The fourth-order valence-electron chi connectivity index (χ4n) is 4.70. The van der Waals surface area contributed by atoms with E-state index in [4.69, 9.17) is 16.6 Å². The Morgan fingerprint density at radius 3 is 1.93 bits per heavy atom. The van der Waals surface area contributed by atoms with Crippen LogP contribution in [0.4, 0.5) is 11.5 Å². The Balaban J connectivity index is 1.76. The van der Waals surface area contributed by atoms with Crippen molar-refractivity contribution >= 4 is 83.3 Å². The Morgan fingerprint density at radius 1 is 0.712 bits per heavy atom. The summed E-state index contributed by atoms with van der Waals surface area (Å²) in [6.07, 6.45) is -0.324. The van der Waals surface area contributed by atoms with E-state index in [1.54, 1.807) is 24.3 Å². The van der Waals surface area contributed by atoms with Gasteiger partial charge in [-0.1, -0.05) is 0 Å². The van der Waals surface area contributed by atoms with Crippen LogP contribution in [0.15, 0.2) is 30.5 Å². The Hall–Kier alpha value is -7.05. The lowest BCUT2D eigenvalue weighted by Crippen LogP contribution is -2.54. The third-order valence-electron chi connectivity index (χ3n) is 7.63. The van der Waals surface area contributed by atoms with Crippen LogP contribution in [0.25, 0.3) is 0 Å². The number of carbonyl (C=O) groups is 10. The molecule has 2 rings (SSSR count). The number of hydrogen-bond donors (Lipinski definition) is 13. The van der Waals surface area contributed by atoms with Gasteiger partial charge in [-0.3, -0.25) is 47.9 Å². The molecule has 24 nitrogen and oxygen atoms in total. The van der Waals surface area contributed by atoms with Crippen LogP contribution in [0.5, 0.6) is 0 Å². The van der Waals surface area contributed by atoms with E-state index in [1.807, 2.05) is 0 Å². The number of nitrogens with one attached hydrogen (secondary N) is 8. The molecule has 2 atom stereocenters. The smallest absolute Gasteiger partial charge is 0.305 e. The van der Waals surface area contributed by atoms with Gasteiger partial charge in [0.15, 0.2) is 11.5 Å². The van der Waals surface area contributed by atoms with Crippen LogP contribution >= 0.6 is 12.6 Å². The third kappa shape index (κ3) is 19.1. The van der Waals surface area contributed by atoms with Gasteiger partial charge in [0.25, 0.3) is 11.8 Å².